The smallest absolute Gasteiger partial charge is 0.109 e. The zero-order chi connectivity index (χ0) is 15.2. The minimum Gasteiger partial charge on any atom is -0.376 e. The van der Waals surface area contributed by atoms with Gasteiger partial charge in [0.2, 0.25) is 0 Å². The summed E-state index contributed by atoms with van der Waals surface area (Å²) in [6, 6.07) is 8.00. The van der Waals surface area contributed by atoms with E-state index in [4.69, 9.17) is 4.74 Å². The molecule has 0 fully saturated rings. The Balaban J connectivity index is 2.63. The van der Waals surface area contributed by atoms with Crippen LogP contribution in [0.3, 0.4) is 0 Å². The van der Waals surface area contributed by atoms with Crippen molar-refractivity contribution in [3.8, 4) is 0 Å². The van der Waals surface area contributed by atoms with Crippen LogP contribution in [0.2, 0.25) is 0 Å². The number of rotatable bonds is 7. The van der Waals surface area contributed by atoms with Crippen molar-refractivity contribution >= 4 is 15.9 Å². The first-order valence-electron chi connectivity index (χ1n) is 7.37. The van der Waals surface area contributed by atoms with Crippen molar-refractivity contribution in [2.24, 2.45) is 0 Å². The highest BCUT2D eigenvalue weighted by atomic mass is 79.9. The molecule has 1 aromatic rings. The topological polar surface area (TPSA) is 9.23 Å². The molecule has 0 aliphatic rings. The van der Waals surface area contributed by atoms with E-state index in [0.717, 1.165) is 22.9 Å². The molecule has 1 rings (SSSR count). The minimum atomic E-state index is -0.849. The minimum absolute atomic E-state index is 0.0309. The summed E-state index contributed by atoms with van der Waals surface area (Å²) < 4.78 is 21.2. The van der Waals surface area contributed by atoms with Crippen LogP contribution in [-0.4, -0.2) is 18.4 Å². The molecule has 0 saturated heterocycles. The van der Waals surface area contributed by atoms with E-state index in [1.165, 1.54) is 0 Å². The van der Waals surface area contributed by atoms with Gasteiger partial charge < -0.3 is 4.74 Å². The average molecular weight is 345 g/mol. The normalized spacial score (nSPS) is 15.1. The van der Waals surface area contributed by atoms with Crippen molar-refractivity contribution in [3.05, 3.63) is 34.3 Å². The molecule has 0 saturated carbocycles. The molecule has 0 bridgehead atoms. The van der Waals surface area contributed by atoms with E-state index < -0.39 is 6.17 Å². The maximum Gasteiger partial charge on any atom is 0.109 e. The maximum atomic E-state index is 14.5. The van der Waals surface area contributed by atoms with Crippen LogP contribution in [0.1, 0.15) is 58.4 Å². The SMILES string of the molecule is CCC[C@H](c1ccc(Br)cc1)[C@H](F)CCOC(C)(C)C. The highest BCUT2D eigenvalue weighted by Crippen LogP contribution is 2.30. The van der Waals surface area contributed by atoms with Gasteiger partial charge in [-0.15, -0.1) is 0 Å². The molecule has 114 valence electrons. The molecule has 0 aliphatic heterocycles. The molecule has 1 nitrogen and oxygen atoms in total. The Morgan fingerprint density at radius 1 is 1.15 bits per heavy atom. The van der Waals surface area contributed by atoms with Crippen molar-refractivity contribution in [1.82, 2.24) is 0 Å². The van der Waals surface area contributed by atoms with Gasteiger partial charge in [-0.1, -0.05) is 41.4 Å². The first kappa shape index (κ1) is 17.6. The number of ether oxygens (including phenoxy) is 1. The van der Waals surface area contributed by atoms with Crippen LogP contribution in [0.25, 0.3) is 0 Å². The van der Waals surface area contributed by atoms with Crippen molar-refractivity contribution in [1.29, 1.82) is 0 Å². The summed E-state index contributed by atoms with van der Waals surface area (Å²) >= 11 is 3.42. The van der Waals surface area contributed by atoms with Crippen LogP contribution >= 0.6 is 15.9 Å². The summed E-state index contributed by atoms with van der Waals surface area (Å²) in [5, 5.41) is 0. The zero-order valence-corrected chi connectivity index (χ0v) is 14.5. The molecule has 2 atom stereocenters. The lowest BCUT2D eigenvalue weighted by molar-refractivity contribution is -0.0131. The number of benzene rings is 1. The Hall–Kier alpha value is -0.410. The molecular formula is C17H26BrFO. The predicted octanol–water partition coefficient (Wildman–Crippen LogP) is 5.88. The number of hydrogen-bond donors (Lipinski definition) is 0. The molecule has 0 amide bonds. The number of halogens is 2. The van der Waals surface area contributed by atoms with Gasteiger partial charge in [0.15, 0.2) is 0 Å². The van der Waals surface area contributed by atoms with Gasteiger partial charge in [-0.05, 0) is 44.9 Å². The zero-order valence-electron chi connectivity index (χ0n) is 13.0. The summed E-state index contributed by atoms with van der Waals surface area (Å²) in [5.41, 5.74) is 0.885. The highest BCUT2D eigenvalue weighted by molar-refractivity contribution is 9.10. The standard InChI is InChI=1S/C17H26BrFO/c1-5-6-15(13-7-9-14(18)10-8-13)16(19)11-12-20-17(2,3)4/h7-10,15-16H,5-6,11-12H2,1-4H3/t15-,16-/m1/s1. The average Bonchev–Trinajstić information content (AvgIpc) is 2.35. The van der Waals surface area contributed by atoms with Crippen LogP contribution in [-0.2, 0) is 4.74 Å². The van der Waals surface area contributed by atoms with Gasteiger partial charge in [-0.3, -0.25) is 0 Å². The lowest BCUT2D eigenvalue weighted by Crippen LogP contribution is -2.23. The Morgan fingerprint density at radius 2 is 1.75 bits per heavy atom. The fourth-order valence-corrected chi connectivity index (χ4v) is 2.52. The predicted molar refractivity (Wildman–Crippen MR) is 87.0 cm³/mol. The first-order valence-corrected chi connectivity index (χ1v) is 8.16. The van der Waals surface area contributed by atoms with Crippen molar-refractivity contribution in [2.45, 2.75) is 64.6 Å². The summed E-state index contributed by atoms with van der Waals surface area (Å²) in [6.07, 6.45) is 1.47. The Kier molecular flexibility index (Phi) is 7.18. The maximum absolute atomic E-state index is 14.5. The largest absolute Gasteiger partial charge is 0.376 e. The third kappa shape index (κ3) is 6.36. The van der Waals surface area contributed by atoms with Gasteiger partial charge in [-0.2, -0.15) is 0 Å². The second kappa shape index (κ2) is 8.14. The molecule has 0 radical (unpaired) electrons. The Bertz CT molecular complexity index is 383. The molecule has 1 aromatic carbocycles. The fraction of sp³-hybridized carbons (Fsp3) is 0.647. The molecule has 0 unspecified atom stereocenters. The molecule has 3 heteroatoms. The van der Waals surface area contributed by atoms with E-state index in [0.29, 0.717) is 13.0 Å². The van der Waals surface area contributed by atoms with Crippen LogP contribution in [0.5, 0.6) is 0 Å². The van der Waals surface area contributed by atoms with Gasteiger partial charge in [0.25, 0.3) is 0 Å². The molecule has 0 N–H and O–H groups in total. The molecule has 0 spiro atoms. The van der Waals surface area contributed by atoms with Crippen molar-refractivity contribution in [2.75, 3.05) is 6.61 Å². The van der Waals surface area contributed by atoms with E-state index in [2.05, 4.69) is 22.9 Å². The van der Waals surface area contributed by atoms with E-state index in [1.807, 2.05) is 45.0 Å². The Labute approximate surface area is 131 Å². The van der Waals surface area contributed by atoms with Gasteiger partial charge in [-0.25, -0.2) is 4.39 Å². The van der Waals surface area contributed by atoms with Crippen molar-refractivity contribution in [3.63, 3.8) is 0 Å². The number of alkyl halides is 1. The van der Waals surface area contributed by atoms with Gasteiger partial charge in [0.1, 0.15) is 6.17 Å². The second-order valence-electron chi connectivity index (χ2n) is 6.21. The summed E-state index contributed by atoms with van der Waals surface area (Å²) in [5.74, 6) is -0.0309. The highest BCUT2D eigenvalue weighted by Gasteiger charge is 2.23. The third-order valence-corrected chi connectivity index (χ3v) is 3.79. The Morgan fingerprint density at radius 3 is 2.25 bits per heavy atom. The molecule has 0 aliphatic carbocycles. The first-order chi connectivity index (χ1) is 9.33. The number of hydrogen-bond acceptors (Lipinski definition) is 1. The third-order valence-electron chi connectivity index (χ3n) is 3.26. The van der Waals surface area contributed by atoms with E-state index >= 15 is 0 Å². The fourth-order valence-electron chi connectivity index (χ4n) is 2.26. The van der Waals surface area contributed by atoms with E-state index in [1.54, 1.807) is 0 Å². The molecular weight excluding hydrogens is 319 g/mol. The lowest BCUT2D eigenvalue weighted by atomic mass is 9.89. The van der Waals surface area contributed by atoms with Crippen LogP contribution in [0.15, 0.2) is 28.7 Å². The quantitative estimate of drug-likeness (QED) is 0.600. The summed E-state index contributed by atoms with van der Waals surface area (Å²) in [7, 11) is 0. The van der Waals surface area contributed by atoms with Crippen LogP contribution in [0.4, 0.5) is 4.39 Å². The van der Waals surface area contributed by atoms with E-state index in [9.17, 15) is 4.39 Å². The van der Waals surface area contributed by atoms with Crippen LogP contribution in [0, 0.1) is 0 Å². The van der Waals surface area contributed by atoms with Crippen molar-refractivity contribution < 1.29 is 9.13 Å². The molecule has 0 heterocycles. The summed E-state index contributed by atoms with van der Waals surface area (Å²) in [4.78, 5) is 0. The van der Waals surface area contributed by atoms with Gasteiger partial charge in [0.05, 0.1) is 12.2 Å². The summed E-state index contributed by atoms with van der Waals surface area (Å²) in [6.45, 7) is 8.57. The van der Waals surface area contributed by atoms with Gasteiger partial charge in [0, 0.05) is 16.8 Å². The molecule has 20 heavy (non-hydrogen) atoms. The lowest BCUT2D eigenvalue weighted by Gasteiger charge is -2.24. The second-order valence-corrected chi connectivity index (χ2v) is 7.13. The van der Waals surface area contributed by atoms with Crippen LogP contribution < -0.4 is 0 Å². The monoisotopic (exact) mass is 344 g/mol. The van der Waals surface area contributed by atoms with Gasteiger partial charge >= 0.3 is 0 Å². The molecule has 0 aromatic heterocycles. The van der Waals surface area contributed by atoms with E-state index in [-0.39, 0.29) is 11.5 Å².